The van der Waals surface area contributed by atoms with Gasteiger partial charge in [-0.05, 0) is 32.4 Å². The molecule has 0 unspecified atom stereocenters. The summed E-state index contributed by atoms with van der Waals surface area (Å²) in [6.45, 7) is 2.86. The molecule has 20 heavy (non-hydrogen) atoms. The van der Waals surface area contributed by atoms with E-state index in [2.05, 4.69) is 20.7 Å². The van der Waals surface area contributed by atoms with Crippen LogP contribution >= 0.6 is 0 Å². The van der Waals surface area contributed by atoms with Gasteiger partial charge in [0.2, 0.25) is 5.91 Å². The van der Waals surface area contributed by atoms with Crippen molar-refractivity contribution in [1.29, 1.82) is 0 Å². The molecule has 1 amide bonds. The minimum absolute atomic E-state index is 0.0207. The van der Waals surface area contributed by atoms with Crippen molar-refractivity contribution < 1.29 is 4.79 Å². The van der Waals surface area contributed by atoms with Gasteiger partial charge in [0, 0.05) is 12.4 Å². The second-order valence-corrected chi connectivity index (χ2v) is 5.30. The summed E-state index contributed by atoms with van der Waals surface area (Å²) in [5, 5.41) is 11.5. The molecular formula is C14H19N5O. The molecule has 3 heterocycles. The second kappa shape index (κ2) is 5.20. The van der Waals surface area contributed by atoms with Crippen molar-refractivity contribution >= 4 is 22.6 Å². The fourth-order valence-electron chi connectivity index (χ4n) is 2.68. The lowest BCUT2D eigenvalue weighted by molar-refractivity contribution is -0.118. The number of rotatable bonds is 2. The average molecular weight is 273 g/mol. The summed E-state index contributed by atoms with van der Waals surface area (Å²) in [6, 6.07) is 1.85. The number of hydrogen-bond acceptors (Lipinski definition) is 4. The molecule has 0 radical (unpaired) electrons. The zero-order valence-electron chi connectivity index (χ0n) is 11.8. The topological polar surface area (TPSA) is 71.8 Å². The number of aromatic nitrogens is 3. The van der Waals surface area contributed by atoms with Crippen LogP contribution < -0.4 is 10.6 Å². The van der Waals surface area contributed by atoms with E-state index >= 15 is 0 Å². The highest BCUT2D eigenvalue weighted by atomic mass is 16.2. The number of anilines is 1. The Balaban J connectivity index is 1.80. The van der Waals surface area contributed by atoms with Gasteiger partial charge in [0.05, 0.1) is 23.6 Å². The highest BCUT2D eigenvalue weighted by Crippen LogP contribution is 2.19. The summed E-state index contributed by atoms with van der Waals surface area (Å²) >= 11 is 0. The molecule has 2 N–H and O–H groups in total. The SMILES string of the molecule is Cc1nn(C)c2ncc(NC(=O)[C@@H]3CCCCN3)cc12. The number of fused-ring (bicyclic) bond motifs is 1. The molecule has 106 valence electrons. The fourth-order valence-corrected chi connectivity index (χ4v) is 2.68. The third kappa shape index (κ3) is 2.38. The molecule has 2 aromatic heterocycles. The van der Waals surface area contributed by atoms with E-state index < -0.39 is 0 Å². The monoisotopic (exact) mass is 273 g/mol. The molecule has 3 rings (SSSR count). The molecule has 1 aliphatic rings. The van der Waals surface area contributed by atoms with Gasteiger partial charge >= 0.3 is 0 Å². The smallest absolute Gasteiger partial charge is 0.241 e. The standard InChI is InChI=1S/C14H19N5O/c1-9-11-7-10(8-16-13(11)19(2)18-9)17-14(20)12-5-3-4-6-15-12/h7-8,12,15H,3-6H2,1-2H3,(H,17,20)/t12-/m0/s1. The van der Waals surface area contributed by atoms with Gasteiger partial charge in [-0.15, -0.1) is 0 Å². The Labute approximate surface area is 117 Å². The van der Waals surface area contributed by atoms with Gasteiger partial charge in [0.1, 0.15) is 0 Å². The van der Waals surface area contributed by atoms with Crippen molar-refractivity contribution in [2.75, 3.05) is 11.9 Å². The van der Waals surface area contributed by atoms with Crippen LogP contribution in [-0.2, 0) is 11.8 Å². The maximum atomic E-state index is 12.2. The van der Waals surface area contributed by atoms with E-state index in [4.69, 9.17) is 0 Å². The summed E-state index contributed by atoms with van der Waals surface area (Å²) in [5.74, 6) is 0.0207. The fraction of sp³-hybridized carbons (Fsp3) is 0.500. The number of pyridine rings is 1. The number of nitrogens with one attached hydrogen (secondary N) is 2. The van der Waals surface area contributed by atoms with Crippen LogP contribution in [0.4, 0.5) is 5.69 Å². The molecular weight excluding hydrogens is 254 g/mol. The third-order valence-electron chi connectivity index (χ3n) is 3.76. The van der Waals surface area contributed by atoms with Crippen molar-refractivity contribution in [1.82, 2.24) is 20.1 Å². The van der Waals surface area contributed by atoms with E-state index in [9.17, 15) is 4.79 Å². The Morgan fingerprint density at radius 1 is 1.50 bits per heavy atom. The molecule has 1 atom stereocenters. The number of hydrogen-bond donors (Lipinski definition) is 2. The predicted molar refractivity (Wildman–Crippen MR) is 77.5 cm³/mol. The molecule has 0 aromatic carbocycles. The number of carbonyl (C=O) groups excluding carboxylic acids is 1. The maximum absolute atomic E-state index is 12.2. The quantitative estimate of drug-likeness (QED) is 0.866. The average Bonchev–Trinajstić information content (AvgIpc) is 2.75. The predicted octanol–water partition coefficient (Wildman–Crippen LogP) is 1.36. The van der Waals surface area contributed by atoms with Gasteiger partial charge in [0.15, 0.2) is 5.65 Å². The molecule has 0 spiro atoms. The molecule has 1 aliphatic heterocycles. The highest BCUT2D eigenvalue weighted by molar-refractivity contribution is 5.96. The largest absolute Gasteiger partial charge is 0.323 e. The lowest BCUT2D eigenvalue weighted by atomic mass is 10.0. The van der Waals surface area contributed by atoms with Crippen molar-refractivity contribution in [3.05, 3.63) is 18.0 Å². The summed E-state index contributed by atoms with van der Waals surface area (Å²) in [5.41, 5.74) is 2.48. The minimum Gasteiger partial charge on any atom is -0.323 e. The van der Waals surface area contributed by atoms with Crippen LogP contribution in [0.2, 0.25) is 0 Å². The van der Waals surface area contributed by atoms with Gasteiger partial charge in [-0.25, -0.2) is 4.98 Å². The van der Waals surface area contributed by atoms with Crippen molar-refractivity contribution in [2.45, 2.75) is 32.2 Å². The van der Waals surface area contributed by atoms with Gasteiger partial charge < -0.3 is 10.6 Å². The third-order valence-corrected chi connectivity index (χ3v) is 3.76. The Morgan fingerprint density at radius 2 is 2.35 bits per heavy atom. The first-order valence-electron chi connectivity index (χ1n) is 6.99. The Kier molecular flexibility index (Phi) is 3.40. The van der Waals surface area contributed by atoms with E-state index in [0.717, 1.165) is 48.2 Å². The van der Waals surface area contributed by atoms with Gasteiger partial charge in [-0.1, -0.05) is 6.42 Å². The van der Waals surface area contributed by atoms with Crippen LogP contribution in [0.3, 0.4) is 0 Å². The summed E-state index contributed by atoms with van der Waals surface area (Å²) in [6.07, 6.45) is 4.83. The molecule has 0 aliphatic carbocycles. The maximum Gasteiger partial charge on any atom is 0.241 e. The van der Waals surface area contributed by atoms with E-state index in [1.807, 2.05) is 20.0 Å². The van der Waals surface area contributed by atoms with Gasteiger partial charge in [-0.3, -0.25) is 9.48 Å². The zero-order chi connectivity index (χ0) is 14.1. The van der Waals surface area contributed by atoms with Crippen LogP contribution in [0.5, 0.6) is 0 Å². The summed E-state index contributed by atoms with van der Waals surface area (Å²) in [4.78, 5) is 16.5. The molecule has 2 aromatic rings. The molecule has 1 fully saturated rings. The number of nitrogens with zero attached hydrogens (tertiary/aromatic N) is 3. The number of amides is 1. The van der Waals surface area contributed by atoms with Gasteiger partial charge in [0.25, 0.3) is 0 Å². The molecule has 0 bridgehead atoms. The van der Waals surface area contributed by atoms with Crippen LogP contribution in [0.25, 0.3) is 11.0 Å². The second-order valence-electron chi connectivity index (χ2n) is 5.30. The highest BCUT2D eigenvalue weighted by Gasteiger charge is 2.20. The summed E-state index contributed by atoms with van der Waals surface area (Å²) < 4.78 is 1.75. The van der Waals surface area contributed by atoms with Gasteiger partial charge in [-0.2, -0.15) is 5.10 Å². The minimum atomic E-state index is -0.0885. The van der Waals surface area contributed by atoms with Crippen LogP contribution in [0.1, 0.15) is 25.0 Å². The first-order valence-corrected chi connectivity index (χ1v) is 6.99. The Hall–Kier alpha value is -1.95. The first-order chi connectivity index (χ1) is 9.65. The van der Waals surface area contributed by atoms with E-state index in [1.165, 1.54) is 0 Å². The normalized spacial score (nSPS) is 19.2. The Bertz CT molecular complexity index is 642. The van der Waals surface area contributed by atoms with E-state index in [1.54, 1.807) is 10.9 Å². The number of aryl methyl sites for hydroxylation is 2. The molecule has 1 saturated heterocycles. The lowest BCUT2D eigenvalue weighted by Crippen LogP contribution is -2.43. The lowest BCUT2D eigenvalue weighted by Gasteiger charge is -2.22. The van der Waals surface area contributed by atoms with E-state index in [-0.39, 0.29) is 11.9 Å². The van der Waals surface area contributed by atoms with Crippen molar-refractivity contribution in [2.24, 2.45) is 7.05 Å². The molecule has 6 heteroatoms. The van der Waals surface area contributed by atoms with Crippen molar-refractivity contribution in [3.8, 4) is 0 Å². The Morgan fingerprint density at radius 3 is 3.10 bits per heavy atom. The van der Waals surface area contributed by atoms with Crippen LogP contribution in [0.15, 0.2) is 12.3 Å². The van der Waals surface area contributed by atoms with Crippen LogP contribution in [0, 0.1) is 6.92 Å². The summed E-state index contributed by atoms with van der Waals surface area (Å²) in [7, 11) is 1.87. The van der Waals surface area contributed by atoms with Crippen molar-refractivity contribution in [3.63, 3.8) is 0 Å². The van der Waals surface area contributed by atoms with Crippen LogP contribution in [-0.4, -0.2) is 33.3 Å². The number of carbonyl (C=O) groups is 1. The molecule has 0 saturated carbocycles. The van der Waals surface area contributed by atoms with E-state index in [0.29, 0.717) is 0 Å². The number of piperidine rings is 1. The molecule has 6 nitrogen and oxygen atoms in total. The zero-order valence-corrected chi connectivity index (χ0v) is 11.8. The first kappa shape index (κ1) is 13.1.